The number of hydrogen-bond donors (Lipinski definition) is 0. The van der Waals surface area contributed by atoms with Gasteiger partial charge in [0.25, 0.3) is 0 Å². The van der Waals surface area contributed by atoms with Crippen LogP contribution in [0.15, 0.2) is 58.4 Å². The lowest BCUT2D eigenvalue weighted by Crippen LogP contribution is -2.23. The van der Waals surface area contributed by atoms with Crippen LogP contribution in [0.3, 0.4) is 0 Å². The fourth-order valence-corrected chi connectivity index (χ4v) is 5.39. The Bertz CT molecular complexity index is 1260. The number of carbonyl (C=O) groups is 2. The highest BCUT2D eigenvalue weighted by Gasteiger charge is 2.16. The summed E-state index contributed by atoms with van der Waals surface area (Å²) in [5.41, 5.74) is 1.77. The van der Waals surface area contributed by atoms with Crippen molar-refractivity contribution in [3.63, 3.8) is 0 Å². The van der Waals surface area contributed by atoms with Crippen LogP contribution in [-0.2, 0) is 30.7 Å². The van der Waals surface area contributed by atoms with Crippen molar-refractivity contribution in [3.8, 4) is 0 Å². The lowest BCUT2D eigenvalue weighted by Gasteiger charge is -2.05. The molecule has 0 saturated carbocycles. The number of benzene rings is 2. The number of carbonyl (C=O) groups excluding carboxylic acids is 2. The van der Waals surface area contributed by atoms with Crippen LogP contribution in [0.1, 0.15) is 25.3 Å². The number of sulfone groups is 1. The van der Waals surface area contributed by atoms with Gasteiger partial charge in [0.1, 0.15) is 6.54 Å². The average Bonchev–Trinajstić information content (AvgIpc) is 3.05. The number of esters is 1. The standard InChI is InChI=1S/C22H24N2O5S2/c1-3-29-21(26)15-24-18-7-4-5-8-19(18)30-22(24)23-20(25)9-6-14-31(27,28)17-12-10-16(2)11-13-17/h4-5,7-8,10-13H,3,6,9,14-15H2,1-2H3. The van der Waals surface area contributed by atoms with E-state index in [2.05, 4.69) is 4.99 Å². The van der Waals surface area contributed by atoms with E-state index in [4.69, 9.17) is 4.74 Å². The van der Waals surface area contributed by atoms with E-state index in [1.165, 1.54) is 11.3 Å². The molecule has 0 radical (unpaired) electrons. The minimum Gasteiger partial charge on any atom is -0.465 e. The van der Waals surface area contributed by atoms with Gasteiger partial charge < -0.3 is 9.30 Å². The molecular weight excluding hydrogens is 436 g/mol. The molecule has 0 fully saturated rings. The maximum Gasteiger partial charge on any atom is 0.326 e. The van der Waals surface area contributed by atoms with E-state index in [0.29, 0.717) is 4.80 Å². The zero-order chi connectivity index (χ0) is 22.4. The van der Waals surface area contributed by atoms with Crippen LogP contribution in [0, 0.1) is 6.92 Å². The first kappa shape index (κ1) is 22.9. The zero-order valence-electron chi connectivity index (χ0n) is 17.4. The predicted molar refractivity (Wildman–Crippen MR) is 119 cm³/mol. The Balaban J connectivity index is 1.74. The second kappa shape index (κ2) is 10.0. The van der Waals surface area contributed by atoms with E-state index in [1.54, 1.807) is 35.8 Å². The first-order chi connectivity index (χ1) is 14.8. The Kier molecular flexibility index (Phi) is 7.40. The summed E-state index contributed by atoms with van der Waals surface area (Å²) in [5.74, 6) is -0.973. The van der Waals surface area contributed by atoms with Gasteiger partial charge in [-0.3, -0.25) is 9.59 Å². The van der Waals surface area contributed by atoms with Crippen LogP contribution in [0.4, 0.5) is 0 Å². The van der Waals surface area contributed by atoms with Gasteiger partial charge in [-0.05, 0) is 44.5 Å². The van der Waals surface area contributed by atoms with Crippen LogP contribution >= 0.6 is 11.3 Å². The Morgan fingerprint density at radius 3 is 2.52 bits per heavy atom. The van der Waals surface area contributed by atoms with Crippen molar-refractivity contribution in [1.82, 2.24) is 4.57 Å². The molecule has 3 aromatic rings. The van der Waals surface area contributed by atoms with Crippen molar-refractivity contribution < 1.29 is 22.7 Å². The molecule has 164 valence electrons. The van der Waals surface area contributed by atoms with Crippen molar-refractivity contribution in [3.05, 3.63) is 58.9 Å². The molecule has 1 amide bonds. The molecule has 3 rings (SSSR count). The summed E-state index contributed by atoms with van der Waals surface area (Å²) in [5, 5.41) is 0. The van der Waals surface area contributed by atoms with Gasteiger partial charge in [-0.2, -0.15) is 4.99 Å². The molecule has 0 N–H and O–H groups in total. The Morgan fingerprint density at radius 2 is 1.81 bits per heavy atom. The molecule has 9 heteroatoms. The number of aromatic nitrogens is 1. The fraction of sp³-hybridized carbons (Fsp3) is 0.318. The highest BCUT2D eigenvalue weighted by Crippen LogP contribution is 2.17. The van der Waals surface area contributed by atoms with Gasteiger partial charge in [0, 0.05) is 6.42 Å². The lowest BCUT2D eigenvalue weighted by atomic mass is 10.2. The third kappa shape index (κ3) is 5.89. The lowest BCUT2D eigenvalue weighted by molar-refractivity contribution is -0.143. The number of ether oxygens (including phenoxy) is 1. The SMILES string of the molecule is CCOC(=O)Cn1c(=NC(=O)CCCS(=O)(=O)c2ccc(C)cc2)sc2ccccc21. The molecule has 7 nitrogen and oxygen atoms in total. The maximum atomic E-state index is 12.4. The van der Waals surface area contributed by atoms with Gasteiger partial charge in [-0.25, -0.2) is 8.42 Å². The van der Waals surface area contributed by atoms with Crippen molar-refractivity contribution in [1.29, 1.82) is 0 Å². The van der Waals surface area contributed by atoms with Gasteiger partial charge >= 0.3 is 5.97 Å². The third-order valence-corrected chi connectivity index (χ3v) is 7.46. The van der Waals surface area contributed by atoms with Crippen LogP contribution in [0.5, 0.6) is 0 Å². The number of rotatable bonds is 8. The number of thiazole rings is 1. The number of hydrogen-bond acceptors (Lipinski definition) is 6. The van der Waals surface area contributed by atoms with Crippen molar-refractivity contribution in [2.45, 2.75) is 38.1 Å². The summed E-state index contributed by atoms with van der Waals surface area (Å²) < 4.78 is 32.5. The van der Waals surface area contributed by atoms with Crippen molar-refractivity contribution >= 4 is 43.3 Å². The smallest absolute Gasteiger partial charge is 0.326 e. The molecule has 2 aromatic carbocycles. The van der Waals surface area contributed by atoms with E-state index < -0.39 is 21.7 Å². The van der Waals surface area contributed by atoms with E-state index in [9.17, 15) is 18.0 Å². The molecule has 0 aliphatic heterocycles. The summed E-state index contributed by atoms with van der Waals surface area (Å²) in [7, 11) is -3.45. The summed E-state index contributed by atoms with van der Waals surface area (Å²) >= 11 is 1.30. The molecular formula is C22H24N2O5S2. The van der Waals surface area contributed by atoms with E-state index in [-0.39, 0.29) is 36.6 Å². The topological polar surface area (TPSA) is 94.8 Å². The zero-order valence-corrected chi connectivity index (χ0v) is 19.0. The number of nitrogens with zero attached hydrogens (tertiary/aromatic N) is 2. The molecule has 0 spiro atoms. The summed E-state index contributed by atoms with van der Waals surface area (Å²) in [6.45, 7) is 3.83. The number of aryl methyl sites for hydroxylation is 1. The molecule has 0 unspecified atom stereocenters. The van der Waals surface area contributed by atoms with Gasteiger partial charge in [0.15, 0.2) is 14.6 Å². The minimum atomic E-state index is -3.45. The number of amides is 1. The normalized spacial score (nSPS) is 12.3. The van der Waals surface area contributed by atoms with Gasteiger partial charge in [-0.1, -0.05) is 41.2 Å². The Morgan fingerprint density at radius 1 is 1.10 bits per heavy atom. The monoisotopic (exact) mass is 460 g/mol. The van der Waals surface area contributed by atoms with E-state index in [1.807, 2.05) is 31.2 Å². The molecule has 0 saturated heterocycles. The molecule has 1 heterocycles. The Labute approximate surface area is 184 Å². The predicted octanol–water partition coefficient (Wildman–Crippen LogP) is 3.26. The van der Waals surface area contributed by atoms with Crippen LogP contribution < -0.4 is 4.80 Å². The fourth-order valence-electron chi connectivity index (χ4n) is 3.03. The van der Waals surface area contributed by atoms with Crippen LogP contribution in [0.2, 0.25) is 0 Å². The molecule has 0 atom stereocenters. The quantitative estimate of drug-likeness (QED) is 0.481. The number of fused-ring (bicyclic) bond motifs is 1. The number of para-hydroxylation sites is 1. The third-order valence-electron chi connectivity index (χ3n) is 4.58. The first-order valence-corrected chi connectivity index (χ1v) is 12.4. The second-order valence-electron chi connectivity index (χ2n) is 6.98. The van der Waals surface area contributed by atoms with Gasteiger partial charge in [0.2, 0.25) is 5.91 Å². The average molecular weight is 461 g/mol. The van der Waals surface area contributed by atoms with Crippen molar-refractivity contribution in [2.24, 2.45) is 4.99 Å². The largest absolute Gasteiger partial charge is 0.465 e. The second-order valence-corrected chi connectivity index (χ2v) is 10.1. The van der Waals surface area contributed by atoms with E-state index in [0.717, 1.165) is 15.8 Å². The molecule has 1 aromatic heterocycles. The highest BCUT2D eigenvalue weighted by molar-refractivity contribution is 7.91. The Hall–Kier alpha value is -2.78. The van der Waals surface area contributed by atoms with Crippen LogP contribution in [0.25, 0.3) is 10.2 Å². The molecule has 0 aliphatic carbocycles. The molecule has 31 heavy (non-hydrogen) atoms. The maximum absolute atomic E-state index is 12.4. The first-order valence-electron chi connectivity index (χ1n) is 9.91. The van der Waals surface area contributed by atoms with E-state index >= 15 is 0 Å². The highest BCUT2D eigenvalue weighted by atomic mass is 32.2. The molecule has 0 aliphatic rings. The summed E-state index contributed by atoms with van der Waals surface area (Å²) in [4.78, 5) is 29.2. The molecule has 0 bridgehead atoms. The minimum absolute atomic E-state index is 0.00125. The van der Waals surface area contributed by atoms with Crippen molar-refractivity contribution in [2.75, 3.05) is 12.4 Å². The van der Waals surface area contributed by atoms with Crippen LogP contribution in [-0.4, -0.2) is 37.2 Å². The summed E-state index contributed by atoms with van der Waals surface area (Å²) in [6, 6.07) is 14.1. The van der Waals surface area contributed by atoms with Gasteiger partial charge in [-0.15, -0.1) is 0 Å². The van der Waals surface area contributed by atoms with Gasteiger partial charge in [0.05, 0.1) is 27.5 Å². The summed E-state index contributed by atoms with van der Waals surface area (Å²) in [6.07, 6.45) is 0.167.